The maximum absolute atomic E-state index is 13.2. The molecule has 25 heavy (non-hydrogen) atoms. The second kappa shape index (κ2) is 7.89. The minimum Gasteiger partial charge on any atom is -0.486 e. The molecule has 0 N–H and O–H groups in total. The lowest BCUT2D eigenvalue weighted by Gasteiger charge is -2.07. The lowest BCUT2D eigenvalue weighted by atomic mass is 10.2. The number of aromatic nitrogens is 3. The molecule has 0 aliphatic rings. The van der Waals surface area contributed by atoms with Crippen molar-refractivity contribution in [3.05, 3.63) is 70.3 Å². The topological polar surface area (TPSA) is 39.9 Å². The van der Waals surface area contributed by atoms with Crippen LogP contribution in [0.15, 0.2) is 47.6 Å². The SMILES string of the molecule is Cc1cccc(CSc2nnc(COc3ccc(F)c(Cl)c3)n2C)c1. The Morgan fingerprint density at radius 2 is 2.04 bits per heavy atom. The molecule has 7 heteroatoms. The number of hydrogen-bond acceptors (Lipinski definition) is 4. The molecule has 0 amide bonds. The summed E-state index contributed by atoms with van der Waals surface area (Å²) in [5, 5.41) is 9.22. The Balaban J connectivity index is 1.61. The number of ether oxygens (including phenoxy) is 1. The number of thioether (sulfide) groups is 1. The first-order valence-electron chi connectivity index (χ1n) is 7.67. The fourth-order valence-corrected chi connectivity index (χ4v) is 3.30. The van der Waals surface area contributed by atoms with Crippen LogP contribution in [0, 0.1) is 12.7 Å². The van der Waals surface area contributed by atoms with Gasteiger partial charge < -0.3 is 9.30 Å². The molecule has 0 radical (unpaired) electrons. The second-order valence-electron chi connectivity index (χ2n) is 5.60. The standard InChI is InChI=1S/C18H17ClFN3OS/c1-12-4-3-5-13(8-12)11-25-18-22-21-17(23(18)2)10-24-14-6-7-16(20)15(19)9-14/h3-9H,10-11H2,1-2H3. The van der Waals surface area contributed by atoms with Gasteiger partial charge in [-0.2, -0.15) is 0 Å². The number of rotatable bonds is 6. The normalized spacial score (nSPS) is 10.9. The smallest absolute Gasteiger partial charge is 0.191 e. The van der Waals surface area contributed by atoms with Crippen molar-refractivity contribution in [3.63, 3.8) is 0 Å². The third kappa shape index (κ3) is 4.52. The third-order valence-electron chi connectivity index (χ3n) is 3.63. The summed E-state index contributed by atoms with van der Waals surface area (Å²) in [6.45, 7) is 2.31. The van der Waals surface area contributed by atoms with Crippen molar-refractivity contribution < 1.29 is 9.13 Å². The fraction of sp³-hybridized carbons (Fsp3) is 0.222. The zero-order chi connectivity index (χ0) is 17.8. The molecule has 0 atom stereocenters. The van der Waals surface area contributed by atoms with E-state index in [0.29, 0.717) is 11.6 Å². The molecule has 1 aromatic heterocycles. The van der Waals surface area contributed by atoms with Gasteiger partial charge in [0.1, 0.15) is 18.2 Å². The second-order valence-corrected chi connectivity index (χ2v) is 6.95. The fourth-order valence-electron chi connectivity index (χ4n) is 2.26. The van der Waals surface area contributed by atoms with Gasteiger partial charge in [-0.25, -0.2) is 4.39 Å². The van der Waals surface area contributed by atoms with Crippen LogP contribution in [0.4, 0.5) is 4.39 Å². The lowest BCUT2D eigenvalue weighted by Crippen LogP contribution is -2.04. The number of aryl methyl sites for hydroxylation is 1. The molecular weight excluding hydrogens is 361 g/mol. The van der Waals surface area contributed by atoms with Gasteiger partial charge in [0.05, 0.1) is 5.02 Å². The summed E-state index contributed by atoms with van der Waals surface area (Å²) in [6.07, 6.45) is 0. The molecule has 0 fully saturated rings. The van der Waals surface area contributed by atoms with E-state index in [-0.39, 0.29) is 11.6 Å². The minimum absolute atomic E-state index is 0.0323. The van der Waals surface area contributed by atoms with Gasteiger partial charge in [-0.1, -0.05) is 53.2 Å². The van der Waals surface area contributed by atoms with E-state index in [1.807, 2.05) is 11.6 Å². The van der Waals surface area contributed by atoms with Crippen LogP contribution in [0.2, 0.25) is 5.02 Å². The molecule has 2 aromatic carbocycles. The monoisotopic (exact) mass is 377 g/mol. The van der Waals surface area contributed by atoms with Crippen LogP contribution in [0.5, 0.6) is 5.75 Å². The predicted octanol–water partition coefficient (Wildman–Crippen LogP) is 4.79. The van der Waals surface area contributed by atoms with Crippen LogP contribution in [-0.2, 0) is 19.4 Å². The zero-order valence-electron chi connectivity index (χ0n) is 13.9. The van der Waals surface area contributed by atoms with Gasteiger partial charge in [0.25, 0.3) is 0 Å². The summed E-state index contributed by atoms with van der Waals surface area (Å²) in [5.41, 5.74) is 2.48. The molecule has 0 spiro atoms. The Hall–Kier alpha value is -2.05. The van der Waals surface area contributed by atoms with Crippen LogP contribution >= 0.6 is 23.4 Å². The van der Waals surface area contributed by atoms with Crippen LogP contribution in [0.25, 0.3) is 0 Å². The van der Waals surface area contributed by atoms with Gasteiger partial charge in [0.15, 0.2) is 11.0 Å². The van der Waals surface area contributed by atoms with Gasteiger partial charge in [-0.05, 0) is 24.6 Å². The van der Waals surface area contributed by atoms with Crippen LogP contribution < -0.4 is 4.74 Å². The van der Waals surface area contributed by atoms with Gasteiger partial charge >= 0.3 is 0 Å². The predicted molar refractivity (Wildman–Crippen MR) is 97.5 cm³/mol. The van der Waals surface area contributed by atoms with Gasteiger partial charge in [0.2, 0.25) is 0 Å². The maximum atomic E-state index is 13.2. The van der Waals surface area contributed by atoms with Gasteiger partial charge in [-0.15, -0.1) is 10.2 Å². The summed E-state index contributed by atoms with van der Waals surface area (Å²) < 4.78 is 20.7. The summed E-state index contributed by atoms with van der Waals surface area (Å²) >= 11 is 7.37. The van der Waals surface area contributed by atoms with E-state index in [4.69, 9.17) is 16.3 Å². The molecule has 130 valence electrons. The van der Waals surface area contributed by atoms with Crippen molar-refractivity contribution in [1.82, 2.24) is 14.8 Å². The van der Waals surface area contributed by atoms with Crippen molar-refractivity contribution >= 4 is 23.4 Å². The largest absolute Gasteiger partial charge is 0.486 e. The van der Waals surface area contributed by atoms with E-state index in [2.05, 4.69) is 41.4 Å². The summed E-state index contributed by atoms with van der Waals surface area (Å²) in [6, 6.07) is 12.6. The Morgan fingerprint density at radius 3 is 2.80 bits per heavy atom. The highest BCUT2D eigenvalue weighted by Gasteiger charge is 2.11. The third-order valence-corrected chi connectivity index (χ3v) is 5.02. The molecule has 1 heterocycles. The molecule has 3 rings (SSSR count). The first-order valence-corrected chi connectivity index (χ1v) is 9.04. The van der Waals surface area contributed by atoms with E-state index in [1.54, 1.807) is 11.8 Å². The first-order chi connectivity index (χ1) is 12.0. The van der Waals surface area contributed by atoms with Gasteiger partial charge in [0, 0.05) is 18.9 Å². The Morgan fingerprint density at radius 1 is 1.20 bits per heavy atom. The Kier molecular flexibility index (Phi) is 5.60. The van der Waals surface area contributed by atoms with Crippen molar-refractivity contribution in [3.8, 4) is 5.75 Å². The van der Waals surface area contributed by atoms with Crippen molar-refractivity contribution in [1.29, 1.82) is 0 Å². The molecule has 3 aromatic rings. The molecule has 0 unspecified atom stereocenters. The molecule has 0 aliphatic heterocycles. The van der Waals surface area contributed by atoms with E-state index < -0.39 is 5.82 Å². The average molecular weight is 378 g/mol. The first kappa shape index (κ1) is 17.8. The number of benzene rings is 2. The maximum Gasteiger partial charge on any atom is 0.191 e. The van der Waals surface area contributed by atoms with Crippen molar-refractivity contribution in [2.45, 2.75) is 24.4 Å². The lowest BCUT2D eigenvalue weighted by molar-refractivity contribution is 0.290. The molecule has 0 saturated heterocycles. The van der Waals surface area contributed by atoms with Crippen LogP contribution in [0.1, 0.15) is 17.0 Å². The van der Waals surface area contributed by atoms with E-state index in [0.717, 1.165) is 10.9 Å². The highest BCUT2D eigenvalue weighted by molar-refractivity contribution is 7.98. The Labute approximate surface area is 155 Å². The number of nitrogens with zero attached hydrogens (tertiary/aromatic N) is 3. The number of halogens is 2. The highest BCUT2D eigenvalue weighted by atomic mass is 35.5. The van der Waals surface area contributed by atoms with Gasteiger partial charge in [-0.3, -0.25) is 0 Å². The summed E-state index contributed by atoms with van der Waals surface area (Å²) in [4.78, 5) is 0. The van der Waals surface area contributed by atoms with Crippen molar-refractivity contribution in [2.24, 2.45) is 7.05 Å². The summed E-state index contributed by atoms with van der Waals surface area (Å²) in [7, 11) is 1.90. The van der Waals surface area contributed by atoms with E-state index in [1.165, 1.54) is 29.3 Å². The van der Waals surface area contributed by atoms with Crippen molar-refractivity contribution in [2.75, 3.05) is 0 Å². The Bertz CT molecular complexity index is 885. The average Bonchev–Trinajstić information content (AvgIpc) is 2.94. The molecular formula is C18H17ClFN3OS. The highest BCUT2D eigenvalue weighted by Crippen LogP contribution is 2.24. The van der Waals surface area contributed by atoms with Crippen LogP contribution in [-0.4, -0.2) is 14.8 Å². The summed E-state index contributed by atoms with van der Waals surface area (Å²) in [5.74, 6) is 1.53. The quantitative estimate of drug-likeness (QED) is 0.579. The van der Waals surface area contributed by atoms with E-state index in [9.17, 15) is 4.39 Å². The molecule has 0 saturated carbocycles. The number of hydrogen-bond donors (Lipinski definition) is 0. The minimum atomic E-state index is -0.470. The van der Waals surface area contributed by atoms with Crippen LogP contribution in [0.3, 0.4) is 0 Å². The van der Waals surface area contributed by atoms with E-state index >= 15 is 0 Å². The molecule has 4 nitrogen and oxygen atoms in total. The molecule has 0 aliphatic carbocycles. The zero-order valence-corrected chi connectivity index (χ0v) is 15.4. The molecule has 0 bridgehead atoms.